The summed E-state index contributed by atoms with van der Waals surface area (Å²) in [5.74, 6) is -0.313. The summed E-state index contributed by atoms with van der Waals surface area (Å²) in [5.41, 5.74) is 2.99. The Labute approximate surface area is 188 Å². The Morgan fingerprint density at radius 3 is 2.62 bits per heavy atom. The molecule has 1 atom stereocenters. The Hall–Kier alpha value is -3.09. The largest absolute Gasteiger partial charge is 0.362 e. The van der Waals surface area contributed by atoms with E-state index in [1.165, 1.54) is 6.07 Å². The third-order valence-electron chi connectivity index (χ3n) is 5.77. The van der Waals surface area contributed by atoms with Gasteiger partial charge in [-0.3, -0.25) is 14.7 Å². The van der Waals surface area contributed by atoms with Gasteiger partial charge in [-0.2, -0.15) is 0 Å². The lowest BCUT2D eigenvalue weighted by Gasteiger charge is -2.43. The highest BCUT2D eigenvalue weighted by atomic mass is 19.1. The maximum Gasteiger partial charge on any atom is 0.255 e. The summed E-state index contributed by atoms with van der Waals surface area (Å²) in [6, 6.07) is 18.7. The lowest BCUT2D eigenvalue weighted by molar-refractivity contribution is -0.169. The van der Waals surface area contributed by atoms with Crippen LogP contribution in [0.15, 0.2) is 73.1 Å². The summed E-state index contributed by atoms with van der Waals surface area (Å²) >= 11 is 0. The summed E-state index contributed by atoms with van der Waals surface area (Å²) in [6.07, 6.45) is 4.04. The molecule has 0 saturated carbocycles. The fraction of sp³-hybridized carbons (Fsp3) is 0.308. The maximum atomic E-state index is 13.7. The molecular weight excluding hydrogens is 405 g/mol. The number of pyridine rings is 1. The molecule has 0 radical (unpaired) electrons. The van der Waals surface area contributed by atoms with Crippen LogP contribution in [0.3, 0.4) is 0 Å². The molecule has 0 aliphatic carbocycles. The first-order valence-electron chi connectivity index (χ1n) is 10.8. The van der Waals surface area contributed by atoms with Gasteiger partial charge in [0.15, 0.2) is 5.60 Å². The summed E-state index contributed by atoms with van der Waals surface area (Å²) in [7, 11) is 3.51. The van der Waals surface area contributed by atoms with E-state index in [-0.39, 0.29) is 11.7 Å². The van der Waals surface area contributed by atoms with E-state index in [9.17, 15) is 9.18 Å². The van der Waals surface area contributed by atoms with Crippen LogP contribution in [-0.2, 0) is 22.5 Å². The average molecular weight is 434 g/mol. The normalized spacial score (nSPS) is 19.0. The summed E-state index contributed by atoms with van der Waals surface area (Å²) in [5, 5.41) is 0. The van der Waals surface area contributed by atoms with Crippen molar-refractivity contribution in [3.8, 4) is 11.1 Å². The second-order valence-electron chi connectivity index (χ2n) is 8.50. The second kappa shape index (κ2) is 9.59. The molecule has 6 heteroatoms. The van der Waals surface area contributed by atoms with Gasteiger partial charge in [0.1, 0.15) is 5.82 Å². The predicted octanol–water partition coefficient (Wildman–Crippen LogP) is 3.79. The first-order valence-corrected chi connectivity index (χ1v) is 10.8. The number of rotatable bonds is 6. The van der Waals surface area contributed by atoms with E-state index < -0.39 is 5.60 Å². The van der Waals surface area contributed by atoms with Gasteiger partial charge >= 0.3 is 0 Å². The summed E-state index contributed by atoms with van der Waals surface area (Å²) < 4.78 is 19.9. The highest BCUT2D eigenvalue weighted by molar-refractivity contribution is 5.86. The van der Waals surface area contributed by atoms with E-state index in [2.05, 4.69) is 16.0 Å². The monoisotopic (exact) mass is 433 g/mol. The van der Waals surface area contributed by atoms with E-state index in [1.54, 1.807) is 37.3 Å². The van der Waals surface area contributed by atoms with Gasteiger partial charge in [-0.25, -0.2) is 4.39 Å². The van der Waals surface area contributed by atoms with Crippen LogP contribution in [0.5, 0.6) is 0 Å². The Kier molecular flexibility index (Phi) is 6.63. The lowest BCUT2D eigenvalue weighted by Crippen LogP contribution is -2.60. The summed E-state index contributed by atoms with van der Waals surface area (Å²) in [4.78, 5) is 21.3. The zero-order chi connectivity index (χ0) is 22.6. The van der Waals surface area contributed by atoms with Crippen molar-refractivity contribution in [2.24, 2.45) is 0 Å². The van der Waals surface area contributed by atoms with Crippen LogP contribution in [0.4, 0.5) is 4.39 Å². The SMILES string of the molecule is CN(C)C(=O)[C@]1(Cc2cccc(-c3cccnc3)c2)CN(Cc2cccc(F)c2)CCO1. The number of nitrogens with zero attached hydrogens (tertiary/aromatic N) is 3. The molecule has 0 N–H and O–H groups in total. The number of ether oxygens (including phenoxy) is 1. The van der Waals surface area contributed by atoms with Crippen molar-refractivity contribution in [1.29, 1.82) is 0 Å². The number of carbonyl (C=O) groups is 1. The Bertz CT molecular complexity index is 1070. The quantitative estimate of drug-likeness (QED) is 0.593. The highest BCUT2D eigenvalue weighted by Crippen LogP contribution is 2.28. The number of likely N-dealkylation sites (N-methyl/N-ethyl adjacent to an activating group) is 1. The molecule has 2 heterocycles. The van der Waals surface area contributed by atoms with Crippen LogP contribution in [-0.4, -0.2) is 60.1 Å². The Morgan fingerprint density at radius 1 is 1.09 bits per heavy atom. The number of carbonyl (C=O) groups excluding carboxylic acids is 1. The standard InChI is InChI=1S/C26H28FN3O2/c1-29(2)25(31)26(16-20-6-3-8-22(14-20)23-9-5-11-28-17-23)19-30(12-13-32-26)18-21-7-4-10-24(27)15-21/h3-11,14-15,17H,12-13,16,18-19H2,1-2H3/t26-/m0/s1. The molecule has 4 rings (SSSR count). The number of aromatic nitrogens is 1. The minimum atomic E-state index is -0.997. The van der Waals surface area contributed by atoms with Crippen molar-refractivity contribution < 1.29 is 13.9 Å². The molecule has 1 aliphatic heterocycles. The molecule has 0 unspecified atom stereocenters. The predicted molar refractivity (Wildman–Crippen MR) is 122 cm³/mol. The minimum Gasteiger partial charge on any atom is -0.362 e. The Balaban J connectivity index is 1.60. The molecule has 0 spiro atoms. The molecule has 2 aromatic carbocycles. The van der Waals surface area contributed by atoms with E-state index in [4.69, 9.17) is 4.74 Å². The first kappa shape index (κ1) is 22.1. The number of hydrogen-bond donors (Lipinski definition) is 0. The molecule has 1 fully saturated rings. The van der Waals surface area contributed by atoms with Gasteiger partial charge in [0.25, 0.3) is 5.91 Å². The molecule has 166 valence electrons. The third kappa shape index (κ3) is 5.03. The van der Waals surface area contributed by atoms with Gasteiger partial charge in [0, 0.05) is 52.5 Å². The van der Waals surface area contributed by atoms with Crippen molar-refractivity contribution in [1.82, 2.24) is 14.8 Å². The van der Waals surface area contributed by atoms with Crippen LogP contribution in [0, 0.1) is 5.82 Å². The number of halogens is 1. The fourth-order valence-electron chi connectivity index (χ4n) is 4.33. The number of benzene rings is 2. The Morgan fingerprint density at radius 2 is 1.88 bits per heavy atom. The average Bonchev–Trinajstić information content (AvgIpc) is 2.79. The van der Waals surface area contributed by atoms with Gasteiger partial charge < -0.3 is 9.64 Å². The molecule has 1 saturated heterocycles. The highest BCUT2D eigenvalue weighted by Gasteiger charge is 2.44. The van der Waals surface area contributed by atoms with Gasteiger partial charge in [0.2, 0.25) is 0 Å². The van der Waals surface area contributed by atoms with Crippen molar-refractivity contribution >= 4 is 5.91 Å². The second-order valence-corrected chi connectivity index (χ2v) is 8.50. The number of amides is 1. The maximum absolute atomic E-state index is 13.7. The number of morpholine rings is 1. The van der Waals surface area contributed by atoms with Crippen LogP contribution in [0.25, 0.3) is 11.1 Å². The molecule has 3 aromatic rings. The van der Waals surface area contributed by atoms with Crippen molar-refractivity contribution in [3.63, 3.8) is 0 Å². The molecule has 1 aliphatic rings. The van der Waals surface area contributed by atoms with Crippen LogP contribution >= 0.6 is 0 Å². The van der Waals surface area contributed by atoms with Crippen LogP contribution in [0.1, 0.15) is 11.1 Å². The molecule has 32 heavy (non-hydrogen) atoms. The topological polar surface area (TPSA) is 45.7 Å². The smallest absolute Gasteiger partial charge is 0.255 e. The third-order valence-corrected chi connectivity index (χ3v) is 5.77. The molecule has 5 nitrogen and oxygen atoms in total. The van der Waals surface area contributed by atoms with E-state index in [0.717, 1.165) is 22.3 Å². The molecule has 0 bridgehead atoms. The van der Waals surface area contributed by atoms with E-state index >= 15 is 0 Å². The van der Waals surface area contributed by atoms with Gasteiger partial charge in [-0.05, 0) is 40.5 Å². The molecular formula is C26H28FN3O2. The van der Waals surface area contributed by atoms with Gasteiger partial charge in [-0.15, -0.1) is 0 Å². The molecule has 1 aromatic heterocycles. The van der Waals surface area contributed by atoms with Gasteiger partial charge in [-0.1, -0.05) is 42.5 Å². The van der Waals surface area contributed by atoms with Gasteiger partial charge in [0.05, 0.1) is 6.61 Å². The van der Waals surface area contributed by atoms with Crippen molar-refractivity contribution in [2.75, 3.05) is 33.8 Å². The van der Waals surface area contributed by atoms with Crippen molar-refractivity contribution in [3.05, 3.63) is 90.0 Å². The van der Waals surface area contributed by atoms with E-state index in [0.29, 0.717) is 32.7 Å². The van der Waals surface area contributed by atoms with Crippen LogP contribution in [0.2, 0.25) is 0 Å². The first-order chi connectivity index (χ1) is 15.4. The lowest BCUT2D eigenvalue weighted by atomic mass is 9.89. The van der Waals surface area contributed by atoms with Crippen molar-refractivity contribution in [2.45, 2.75) is 18.6 Å². The van der Waals surface area contributed by atoms with E-state index in [1.807, 2.05) is 42.6 Å². The summed E-state index contributed by atoms with van der Waals surface area (Å²) in [6.45, 7) is 2.14. The zero-order valence-corrected chi connectivity index (χ0v) is 18.5. The zero-order valence-electron chi connectivity index (χ0n) is 18.5. The number of hydrogen-bond acceptors (Lipinski definition) is 4. The van der Waals surface area contributed by atoms with Crippen LogP contribution < -0.4 is 0 Å². The fourth-order valence-corrected chi connectivity index (χ4v) is 4.33. The molecule has 1 amide bonds. The minimum absolute atomic E-state index is 0.0618.